The van der Waals surface area contributed by atoms with Crippen molar-refractivity contribution < 1.29 is 5.11 Å². The summed E-state index contributed by atoms with van der Waals surface area (Å²) in [5.74, 6) is 0. The van der Waals surface area contributed by atoms with Crippen molar-refractivity contribution in [1.29, 1.82) is 0 Å². The monoisotopic (exact) mass is 489 g/mol. The summed E-state index contributed by atoms with van der Waals surface area (Å²) in [6.07, 6.45) is 0.649. The van der Waals surface area contributed by atoms with Crippen LogP contribution >= 0.6 is 63.7 Å². The molecule has 92 valence electrons. The second-order valence-electron chi connectivity index (χ2n) is 3.34. The lowest BCUT2D eigenvalue weighted by Gasteiger charge is -2.07. The Kier molecular flexibility index (Phi) is 4.62. The molecule has 0 saturated heterocycles. The van der Waals surface area contributed by atoms with Crippen molar-refractivity contribution in [2.45, 2.75) is 13.0 Å². The van der Waals surface area contributed by atoms with Crippen molar-refractivity contribution in [1.82, 2.24) is 15.0 Å². The number of aryl methyl sites for hydroxylation is 1. The van der Waals surface area contributed by atoms with E-state index in [1.807, 2.05) is 0 Å². The van der Waals surface area contributed by atoms with Gasteiger partial charge in [-0.1, -0.05) is 5.21 Å². The van der Waals surface area contributed by atoms with Gasteiger partial charge in [0.1, 0.15) is 11.0 Å². The summed E-state index contributed by atoms with van der Waals surface area (Å²) in [5.41, 5.74) is 1.69. The van der Waals surface area contributed by atoms with Crippen LogP contribution in [0, 0.1) is 0 Å². The number of benzene rings is 1. The highest BCUT2D eigenvalue weighted by atomic mass is 79.9. The first-order valence-electron chi connectivity index (χ1n) is 4.74. The molecule has 0 radical (unpaired) electrons. The molecule has 17 heavy (non-hydrogen) atoms. The van der Waals surface area contributed by atoms with Crippen LogP contribution in [0.25, 0.3) is 11.0 Å². The molecule has 0 aliphatic heterocycles. The van der Waals surface area contributed by atoms with Crippen LogP contribution in [-0.2, 0) is 6.54 Å². The zero-order valence-corrected chi connectivity index (χ0v) is 14.8. The van der Waals surface area contributed by atoms with E-state index in [0.717, 1.165) is 28.9 Å². The van der Waals surface area contributed by atoms with Gasteiger partial charge in [-0.15, -0.1) is 5.10 Å². The minimum Gasteiger partial charge on any atom is -0.396 e. The molecule has 0 saturated carbocycles. The standard InChI is InChI=1S/C9H7Br4N3O/c10-4-5(11)7(13)9-8(6(4)12)14-15-16(9)2-1-3-17/h17H,1-3H2. The van der Waals surface area contributed by atoms with Crippen molar-refractivity contribution in [3.8, 4) is 0 Å². The van der Waals surface area contributed by atoms with Crippen molar-refractivity contribution in [2.24, 2.45) is 0 Å². The van der Waals surface area contributed by atoms with E-state index in [4.69, 9.17) is 5.11 Å². The number of hydrogen-bond donors (Lipinski definition) is 1. The van der Waals surface area contributed by atoms with Crippen LogP contribution in [-0.4, -0.2) is 26.7 Å². The number of fused-ring (bicyclic) bond motifs is 1. The molecule has 8 heteroatoms. The van der Waals surface area contributed by atoms with E-state index in [-0.39, 0.29) is 6.61 Å². The van der Waals surface area contributed by atoms with Gasteiger partial charge in [-0.2, -0.15) is 0 Å². The third kappa shape index (κ3) is 2.47. The minimum atomic E-state index is 0.137. The van der Waals surface area contributed by atoms with E-state index < -0.39 is 0 Å². The molecule has 1 aromatic carbocycles. The molecule has 4 nitrogen and oxygen atoms in total. The van der Waals surface area contributed by atoms with Gasteiger partial charge in [0, 0.05) is 22.1 Å². The fourth-order valence-corrected chi connectivity index (χ4v) is 3.82. The maximum Gasteiger partial charge on any atom is 0.129 e. The number of halogens is 4. The second-order valence-corrected chi connectivity index (χ2v) is 6.51. The fraction of sp³-hybridized carbons (Fsp3) is 0.333. The smallest absolute Gasteiger partial charge is 0.129 e. The molecule has 0 aliphatic carbocycles. The Morgan fingerprint density at radius 2 is 1.65 bits per heavy atom. The minimum absolute atomic E-state index is 0.137. The first-order valence-corrected chi connectivity index (χ1v) is 7.91. The van der Waals surface area contributed by atoms with Crippen molar-refractivity contribution in [3.63, 3.8) is 0 Å². The van der Waals surface area contributed by atoms with E-state index in [9.17, 15) is 0 Å². The van der Waals surface area contributed by atoms with Gasteiger partial charge in [0.25, 0.3) is 0 Å². The normalized spacial score (nSPS) is 11.4. The number of rotatable bonds is 3. The Morgan fingerprint density at radius 1 is 1.00 bits per heavy atom. The van der Waals surface area contributed by atoms with Crippen molar-refractivity contribution in [2.75, 3.05) is 6.61 Å². The summed E-state index contributed by atoms with van der Waals surface area (Å²) < 4.78 is 5.33. The molecule has 1 N–H and O–H groups in total. The zero-order valence-electron chi connectivity index (χ0n) is 8.42. The predicted octanol–water partition coefficient (Wildman–Crippen LogP) is 3.86. The number of aliphatic hydroxyl groups excluding tert-OH is 1. The molecule has 0 spiro atoms. The van der Waals surface area contributed by atoms with Crippen molar-refractivity contribution in [3.05, 3.63) is 17.9 Å². The van der Waals surface area contributed by atoms with E-state index in [2.05, 4.69) is 74.0 Å². The Hall–Kier alpha value is 0.500. The van der Waals surface area contributed by atoms with Crippen LogP contribution < -0.4 is 0 Å². The SMILES string of the molecule is OCCCn1nnc2c(Br)c(Br)c(Br)c(Br)c21. The largest absolute Gasteiger partial charge is 0.396 e. The number of aliphatic hydroxyl groups is 1. The number of hydrogen-bond acceptors (Lipinski definition) is 3. The van der Waals surface area contributed by atoms with Crippen LogP contribution in [0.2, 0.25) is 0 Å². The molecule has 0 aliphatic rings. The molecular weight excluding hydrogens is 486 g/mol. The van der Waals surface area contributed by atoms with E-state index in [0.29, 0.717) is 13.0 Å². The Bertz CT molecular complexity index is 569. The third-order valence-corrected chi connectivity index (χ3v) is 6.98. The van der Waals surface area contributed by atoms with Gasteiger partial charge < -0.3 is 5.11 Å². The van der Waals surface area contributed by atoms with Crippen LogP contribution in [0.5, 0.6) is 0 Å². The Balaban J connectivity index is 2.67. The molecule has 0 atom stereocenters. The van der Waals surface area contributed by atoms with E-state index >= 15 is 0 Å². The molecule has 0 amide bonds. The summed E-state index contributed by atoms with van der Waals surface area (Å²) in [6, 6.07) is 0. The maximum atomic E-state index is 8.86. The second kappa shape index (κ2) is 5.64. The lowest BCUT2D eigenvalue weighted by molar-refractivity contribution is 0.277. The molecule has 2 aromatic rings. The first kappa shape index (κ1) is 13.9. The summed E-state index contributed by atoms with van der Waals surface area (Å²) in [5, 5.41) is 17.1. The lowest BCUT2D eigenvalue weighted by Crippen LogP contribution is -2.02. The van der Waals surface area contributed by atoms with E-state index in [1.54, 1.807) is 4.68 Å². The summed E-state index contributed by atoms with van der Waals surface area (Å²) >= 11 is 14.0. The number of aromatic nitrogens is 3. The number of nitrogens with zero attached hydrogens (tertiary/aromatic N) is 3. The average Bonchev–Trinajstić information content (AvgIpc) is 2.75. The Labute approximate surface area is 131 Å². The first-order chi connectivity index (χ1) is 8.07. The summed E-state index contributed by atoms with van der Waals surface area (Å²) in [7, 11) is 0. The highest BCUT2D eigenvalue weighted by Crippen LogP contribution is 2.42. The quantitative estimate of drug-likeness (QED) is 0.523. The highest BCUT2D eigenvalue weighted by molar-refractivity contribution is 9.15. The van der Waals surface area contributed by atoms with E-state index in [1.165, 1.54) is 0 Å². The van der Waals surface area contributed by atoms with Gasteiger partial charge in [-0.25, -0.2) is 4.68 Å². The van der Waals surface area contributed by atoms with Crippen LogP contribution in [0.15, 0.2) is 17.9 Å². The van der Waals surface area contributed by atoms with Gasteiger partial charge in [-0.3, -0.25) is 0 Å². The zero-order chi connectivity index (χ0) is 12.6. The average molecular weight is 493 g/mol. The van der Waals surface area contributed by atoms with Gasteiger partial charge in [0.15, 0.2) is 0 Å². The van der Waals surface area contributed by atoms with Gasteiger partial charge >= 0.3 is 0 Å². The molecule has 0 fully saturated rings. The topological polar surface area (TPSA) is 50.9 Å². The van der Waals surface area contributed by atoms with Crippen LogP contribution in [0.1, 0.15) is 6.42 Å². The molecular formula is C9H7Br4N3O. The summed E-state index contributed by atoms with van der Waals surface area (Å²) in [6.45, 7) is 0.768. The van der Waals surface area contributed by atoms with Crippen LogP contribution in [0.3, 0.4) is 0 Å². The van der Waals surface area contributed by atoms with Gasteiger partial charge in [-0.05, 0) is 70.1 Å². The molecule has 2 rings (SSSR count). The molecule has 0 bridgehead atoms. The summed E-state index contributed by atoms with van der Waals surface area (Å²) in [4.78, 5) is 0. The van der Waals surface area contributed by atoms with Crippen molar-refractivity contribution >= 4 is 74.8 Å². The van der Waals surface area contributed by atoms with Crippen LogP contribution in [0.4, 0.5) is 0 Å². The highest BCUT2D eigenvalue weighted by Gasteiger charge is 2.18. The fourth-order valence-electron chi connectivity index (χ4n) is 1.46. The molecule has 1 aromatic heterocycles. The van der Waals surface area contributed by atoms with Gasteiger partial charge in [0.2, 0.25) is 0 Å². The Morgan fingerprint density at radius 3 is 2.29 bits per heavy atom. The molecule has 0 unspecified atom stereocenters. The molecule has 1 heterocycles. The van der Waals surface area contributed by atoms with Gasteiger partial charge in [0.05, 0.1) is 8.95 Å². The predicted molar refractivity (Wildman–Crippen MR) is 80.0 cm³/mol. The lowest BCUT2D eigenvalue weighted by atomic mass is 10.3. The third-order valence-electron chi connectivity index (χ3n) is 2.26. The maximum absolute atomic E-state index is 8.86.